The van der Waals surface area contributed by atoms with Crippen molar-refractivity contribution in [1.82, 2.24) is 4.57 Å². The summed E-state index contributed by atoms with van der Waals surface area (Å²) in [6.07, 6.45) is -0.371. The maximum Gasteiger partial charge on any atom is 0.511 e. The molecule has 144 valence electrons. The predicted molar refractivity (Wildman–Crippen MR) is 108 cm³/mol. The lowest BCUT2D eigenvalue weighted by molar-refractivity contribution is 0.144. The van der Waals surface area contributed by atoms with Crippen LogP contribution in [-0.4, -0.2) is 15.8 Å². The zero-order valence-corrected chi connectivity index (χ0v) is 15.2. The number of ether oxygens (including phenoxy) is 1. The summed E-state index contributed by atoms with van der Waals surface area (Å²) >= 11 is 0. The quantitative estimate of drug-likeness (QED) is 0.504. The van der Waals surface area contributed by atoms with Crippen LogP contribution in [-0.2, 0) is 6.54 Å². The molecule has 0 amide bonds. The Kier molecular flexibility index (Phi) is 4.83. The van der Waals surface area contributed by atoms with Gasteiger partial charge in [-0.05, 0) is 28.8 Å². The Hall–Kier alpha value is -3.93. The van der Waals surface area contributed by atoms with Crippen LogP contribution in [0.15, 0.2) is 83.8 Å². The van der Waals surface area contributed by atoms with Gasteiger partial charge in [0.15, 0.2) is 5.75 Å². The Morgan fingerprint density at radius 2 is 1.62 bits per heavy atom. The fourth-order valence-corrected chi connectivity index (χ4v) is 3.31. The van der Waals surface area contributed by atoms with Crippen molar-refractivity contribution in [2.75, 3.05) is 0 Å². The van der Waals surface area contributed by atoms with Crippen LogP contribution in [0.1, 0.15) is 5.56 Å². The van der Waals surface area contributed by atoms with Gasteiger partial charge < -0.3 is 14.4 Å². The van der Waals surface area contributed by atoms with Crippen LogP contribution in [0.2, 0.25) is 0 Å². The van der Waals surface area contributed by atoms with Gasteiger partial charge in [-0.3, -0.25) is 4.79 Å². The minimum absolute atomic E-state index is 0.0599. The lowest BCUT2D eigenvalue weighted by Crippen LogP contribution is -2.17. The van der Waals surface area contributed by atoms with E-state index >= 15 is 0 Å². The van der Waals surface area contributed by atoms with Crippen LogP contribution in [0, 0.1) is 5.82 Å². The average Bonchev–Trinajstić information content (AvgIpc) is 2.72. The van der Waals surface area contributed by atoms with Crippen LogP contribution >= 0.6 is 0 Å². The van der Waals surface area contributed by atoms with E-state index < -0.39 is 17.4 Å². The number of nitrogens with zero attached hydrogens (tertiary/aromatic N) is 1. The Balaban J connectivity index is 1.76. The minimum atomic E-state index is -1.60. The maximum absolute atomic E-state index is 14.5. The fourth-order valence-electron chi connectivity index (χ4n) is 3.31. The Morgan fingerprint density at radius 3 is 2.31 bits per heavy atom. The molecule has 5 nitrogen and oxygen atoms in total. The third-order valence-electron chi connectivity index (χ3n) is 4.63. The van der Waals surface area contributed by atoms with Gasteiger partial charge in [0.1, 0.15) is 5.82 Å². The lowest BCUT2D eigenvalue weighted by atomic mass is 10.0. The SMILES string of the molecule is O=C(O)Oc1cn(Cc2ccc(-c3ccccc3)cc2)c2c(F)cccc2c1=O. The first-order valence-electron chi connectivity index (χ1n) is 8.90. The molecule has 0 atom stereocenters. The molecule has 0 bridgehead atoms. The summed E-state index contributed by atoms with van der Waals surface area (Å²) in [5.41, 5.74) is 2.41. The van der Waals surface area contributed by atoms with E-state index in [4.69, 9.17) is 5.11 Å². The van der Waals surface area contributed by atoms with E-state index in [-0.39, 0.29) is 23.2 Å². The molecule has 0 radical (unpaired) electrons. The molecule has 6 heteroatoms. The smallest absolute Gasteiger partial charge is 0.449 e. The van der Waals surface area contributed by atoms with E-state index in [2.05, 4.69) is 4.74 Å². The van der Waals surface area contributed by atoms with Gasteiger partial charge in [-0.15, -0.1) is 0 Å². The van der Waals surface area contributed by atoms with E-state index in [0.717, 1.165) is 16.7 Å². The van der Waals surface area contributed by atoms with Crippen molar-refractivity contribution in [1.29, 1.82) is 0 Å². The number of halogens is 1. The molecule has 0 spiro atoms. The fraction of sp³-hybridized carbons (Fsp3) is 0.0435. The van der Waals surface area contributed by atoms with Crippen molar-refractivity contribution >= 4 is 17.1 Å². The zero-order valence-electron chi connectivity index (χ0n) is 15.2. The van der Waals surface area contributed by atoms with Gasteiger partial charge in [0.2, 0.25) is 5.43 Å². The number of carbonyl (C=O) groups is 1. The summed E-state index contributed by atoms with van der Waals surface area (Å²) in [5.74, 6) is -0.932. The highest BCUT2D eigenvalue weighted by molar-refractivity contribution is 5.81. The number of rotatable bonds is 4. The molecule has 0 fully saturated rings. The van der Waals surface area contributed by atoms with Gasteiger partial charge in [-0.25, -0.2) is 9.18 Å². The number of para-hydroxylation sites is 1. The number of aromatic nitrogens is 1. The predicted octanol–water partition coefficient (Wildman–Crippen LogP) is 4.91. The molecule has 0 unspecified atom stereocenters. The summed E-state index contributed by atoms with van der Waals surface area (Å²) in [5, 5.41) is 8.95. The van der Waals surface area contributed by atoms with Crippen LogP contribution in [0.3, 0.4) is 0 Å². The van der Waals surface area contributed by atoms with Crippen LogP contribution in [0.4, 0.5) is 9.18 Å². The molecule has 0 aliphatic carbocycles. The van der Waals surface area contributed by atoms with Crippen molar-refractivity contribution in [2.45, 2.75) is 6.54 Å². The summed E-state index contributed by atoms with van der Waals surface area (Å²) in [4.78, 5) is 23.4. The minimum Gasteiger partial charge on any atom is -0.449 e. The van der Waals surface area contributed by atoms with E-state index in [1.807, 2.05) is 54.6 Å². The topological polar surface area (TPSA) is 68.5 Å². The number of benzene rings is 3. The Morgan fingerprint density at radius 1 is 0.931 bits per heavy atom. The molecule has 0 aliphatic heterocycles. The molecule has 1 aromatic heterocycles. The van der Waals surface area contributed by atoms with E-state index in [1.165, 1.54) is 29.0 Å². The zero-order chi connectivity index (χ0) is 20.4. The second-order valence-corrected chi connectivity index (χ2v) is 6.52. The molecular weight excluding hydrogens is 373 g/mol. The number of fused-ring (bicyclic) bond motifs is 1. The van der Waals surface area contributed by atoms with Crippen molar-refractivity contribution in [3.05, 3.63) is 101 Å². The number of pyridine rings is 1. The molecule has 0 saturated heterocycles. The van der Waals surface area contributed by atoms with Crippen molar-refractivity contribution in [3.63, 3.8) is 0 Å². The summed E-state index contributed by atoms with van der Waals surface area (Å²) < 4.78 is 20.6. The molecule has 0 aliphatic rings. The molecule has 4 aromatic rings. The van der Waals surface area contributed by atoms with Crippen LogP contribution < -0.4 is 10.2 Å². The first kappa shape index (κ1) is 18.4. The molecule has 4 rings (SSSR count). The molecule has 0 saturated carbocycles. The summed E-state index contributed by atoms with van der Waals surface area (Å²) in [6.45, 7) is 0.239. The number of hydrogen-bond acceptors (Lipinski definition) is 3. The van der Waals surface area contributed by atoms with Gasteiger partial charge in [-0.1, -0.05) is 60.7 Å². The molecule has 3 aromatic carbocycles. The largest absolute Gasteiger partial charge is 0.511 e. The van der Waals surface area contributed by atoms with Gasteiger partial charge in [0, 0.05) is 6.54 Å². The standard InChI is InChI=1S/C23H16FNO4/c24-19-8-4-7-18-21(19)25(14-20(22(18)26)29-23(27)28)13-15-9-11-17(12-10-15)16-5-2-1-3-6-16/h1-12,14H,13H2,(H,27,28). The number of carboxylic acid groups (broad SMARTS) is 1. The third-order valence-corrected chi connectivity index (χ3v) is 4.63. The second-order valence-electron chi connectivity index (χ2n) is 6.52. The lowest BCUT2D eigenvalue weighted by Gasteiger charge is -2.14. The number of hydrogen-bond donors (Lipinski definition) is 1. The van der Waals surface area contributed by atoms with Crippen molar-refractivity contribution in [2.24, 2.45) is 0 Å². The summed E-state index contributed by atoms with van der Waals surface area (Å²) in [6, 6.07) is 21.7. The normalized spacial score (nSPS) is 10.8. The van der Waals surface area contributed by atoms with E-state index in [9.17, 15) is 14.0 Å². The molecule has 1 N–H and O–H groups in total. The van der Waals surface area contributed by atoms with Crippen LogP contribution in [0.25, 0.3) is 22.0 Å². The maximum atomic E-state index is 14.5. The van der Waals surface area contributed by atoms with Gasteiger partial charge in [0.05, 0.1) is 17.1 Å². The highest BCUT2D eigenvalue weighted by Crippen LogP contribution is 2.23. The highest BCUT2D eigenvalue weighted by Gasteiger charge is 2.15. The highest BCUT2D eigenvalue weighted by atomic mass is 19.1. The monoisotopic (exact) mass is 389 g/mol. The molecular formula is C23H16FNO4. The van der Waals surface area contributed by atoms with Gasteiger partial charge in [-0.2, -0.15) is 0 Å². The van der Waals surface area contributed by atoms with Gasteiger partial charge in [0.25, 0.3) is 0 Å². The second kappa shape index (κ2) is 7.59. The third kappa shape index (κ3) is 3.73. The van der Waals surface area contributed by atoms with Gasteiger partial charge >= 0.3 is 6.16 Å². The van der Waals surface area contributed by atoms with Crippen molar-refractivity contribution in [3.8, 4) is 16.9 Å². The van der Waals surface area contributed by atoms with E-state index in [0.29, 0.717) is 0 Å². The van der Waals surface area contributed by atoms with Crippen molar-refractivity contribution < 1.29 is 19.0 Å². The molecule has 1 heterocycles. The Bertz CT molecular complexity index is 1250. The summed E-state index contributed by atoms with van der Waals surface area (Å²) in [7, 11) is 0. The average molecular weight is 389 g/mol. The van der Waals surface area contributed by atoms with E-state index in [1.54, 1.807) is 0 Å². The Labute approximate surface area is 165 Å². The first-order valence-corrected chi connectivity index (χ1v) is 8.90. The van der Waals surface area contributed by atoms with Crippen LogP contribution in [0.5, 0.6) is 5.75 Å². The first-order chi connectivity index (χ1) is 14.0. The molecule has 29 heavy (non-hydrogen) atoms.